The van der Waals surface area contributed by atoms with Crippen LogP contribution < -0.4 is 10.2 Å². The van der Waals surface area contributed by atoms with E-state index >= 15 is 0 Å². The number of hydrogen-bond acceptors (Lipinski definition) is 9. The van der Waals surface area contributed by atoms with Crippen molar-refractivity contribution in [3.63, 3.8) is 0 Å². The van der Waals surface area contributed by atoms with Crippen molar-refractivity contribution in [2.45, 2.75) is 13.5 Å². The van der Waals surface area contributed by atoms with Gasteiger partial charge in [0.2, 0.25) is 15.9 Å². The number of carbonyl (C=O) groups excluding carboxylic acids is 1. The van der Waals surface area contributed by atoms with E-state index in [9.17, 15) is 13.2 Å². The maximum atomic E-state index is 11.9. The second kappa shape index (κ2) is 10.3. The standard InChI is InChI=1S/C24H32N8O4S/c1-17(33)25-19-6-4-18(5-7-19)22-27-23-21(24(28-22)31-12-14-36-15-13-31)26-20(29(23)2)16-30-8-10-32(11-9-30)37(3,34)35/h4-7H,8-16H2,1-3H3,(H,25,33). The van der Waals surface area contributed by atoms with Crippen LogP contribution >= 0.6 is 0 Å². The number of piperazine rings is 1. The zero-order valence-electron chi connectivity index (χ0n) is 21.3. The number of nitrogens with one attached hydrogen (secondary N) is 1. The molecule has 3 aromatic rings. The SMILES string of the molecule is CC(=O)Nc1ccc(-c2nc(N3CCOCC3)c3nc(CN4CCN(S(C)(=O)=O)CC4)n(C)c3n2)cc1. The minimum Gasteiger partial charge on any atom is -0.378 e. The van der Waals surface area contributed by atoms with Crippen LogP contribution in [0.4, 0.5) is 11.5 Å². The Labute approximate surface area is 216 Å². The van der Waals surface area contributed by atoms with E-state index in [1.807, 2.05) is 35.9 Å². The van der Waals surface area contributed by atoms with Crippen molar-refractivity contribution >= 4 is 38.6 Å². The van der Waals surface area contributed by atoms with Crippen molar-refractivity contribution in [1.29, 1.82) is 0 Å². The fourth-order valence-corrected chi connectivity index (χ4v) is 5.51. The van der Waals surface area contributed by atoms with Crippen LogP contribution in [0.1, 0.15) is 12.7 Å². The highest BCUT2D eigenvalue weighted by Crippen LogP contribution is 2.29. The average molecular weight is 529 g/mol. The van der Waals surface area contributed by atoms with Gasteiger partial charge in [-0.15, -0.1) is 0 Å². The Kier molecular flexibility index (Phi) is 7.12. The summed E-state index contributed by atoms with van der Waals surface area (Å²) in [6.45, 7) is 6.97. The number of aromatic nitrogens is 4. The molecule has 0 atom stereocenters. The molecule has 0 aliphatic carbocycles. The van der Waals surface area contributed by atoms with Gasteiger partial charge in [-0.05, 0) is 24.3 Å². The molecule has 4 heterocycles. The Hall–Kier alpha value is -3.13. The van der Waals surface area contributed by atoms with Gasteiger partial charge in [0.05, 0.1) is 26.0 Å². The Balaban J connectivity index is 1.48. The number of nitrogens with zero attached hydrogens (tertiary/aromatic N) is 7. The first-order chi connectivity index (χ1) is 17.7. The first-order valence-corrected chi connectivity index (χ1v) is 14.2. The number of imidazole rings is 1. The molecular weight excluding hydrogens is 496 g/mol. The van der Waals surface area contributed by atoms with Gasteiger partial charge in [0.15, 0.2) is 22.8 Å². The van der Waals surface area contributed by atoms with Crippen LogP contribution in [0.5, 0.6) is 0 Å². The molecule has 1 N–H and O–H groups in total. The number of ether oxygens (including phenoxy) is 1. The van der Waals surface area contributed by atoms with Crippen molar-refractivity contribution in [2.75, 3.05) is 69.0 Å². The van der Waals surface area contributed by atoms with Crippen LogP contribution in [0.15, 0.2) is 24.3 Å². The summed E-state index contributed by atoms with van der Waals surface area (Å²) in [7, 11) is -1.22. The predicted octanol–water partition coefficient (Wildman–Crippen LogP) is 0.903. The van der Waals surface area contributed by atoms with Gasteiger partial charge < -0.3 is 19.5 Å². The van der Waals surface area contributed by atoms with Crippen LogP contribution in [0.25, 0.3) is 22.6 Å². The molecule has 198 valence electrons. The number of aryl methyl sites for hydroxylation is 1. The molecular formula is C24H32N8O4S. The van der Waals surface area contributed by atoms with Crippen LogP contribution in [0, 0.1) is 0 Å². The summed E-state index contributed by atoms with van der Waals surface area (Å²) in [5, 5.41) is 2.78. The Morgan fingerprint density at radius 3 is 2.30 bits per heavy atom. The third-order valence-electron chi connectivity index (χ3n) is 6.73. The molecule has 2 fully saturated rings. The topological polar surface area (TPSA) is 126 Å². The van der Waals surface area contributed by atoms with Gasteiger partial charge in [0, 0.05) is 64.5 Å². The molecule has 13 heteroatoms. The van der Waals surface area contributed by atoms with Gasteiger partial charge in [-0.2, -0.15) is 4.31 Å². The largest absolute Gasteiger partial charge is 0.378 e. The van der Waals surface area contributed by atoms with Gasteiger partial charge in [-0.25, -0.2) is 23.4 Å². The van der Waals surface area contributed by atoms with Crippen LogP contribution in [0.2, 0.25) is 0 Å². The summed E-state index contributed by atoms with van der Waals surface area (Å²) in [6.07, 6.45) is 1.25. The summed E-state index contributed by atoms with van der Waals surface area (Å²) in [5.41, 5.74) is 3.03. The van der Waals surface area contributed by atoms with E-state index in [0.29, 0.717) is 70.5 Å². The van der Waals surface area contributed by atoms with Crippen molar-refractivity contribution < 1.29 is 17.9 Å². The highest BCUT2D eigenvalue weighted by Gasteiger charge is 2.26. The number of benzene rings is 1. The summed E-state index contributed by atoms with van der Waals surface area (Å²) < 4.78 is 32.8. The normalized spacial score (nSPS) is 17.9. The predicted molar refractivity (Wildman–Crippen MR) is 141 cm³/mol. The van der Waals surface area contributed by atoms with Crippen molar-refractivity contribution in [1.82, 2.24) is 28.7 Å². The molecule has 0 spiro atoms. The van der Waals surface area contributed by atoms with Gasteiger partial charge in [0.25, 0.3) is 0 Å². The summed E-state index contributed by atoms with van der Waals surface area (Å²) in [6, 6.07) is 7.47. The molecule has 2 aliphatic heterocycles. The number of anilines is 2. The lowest BCUT2D eigenvalue weighted by Gasteiger charge is -2.32. The van der Waals surface area contributed by atoms with Crippen LogP contribution in [-0.2, 0) is 33.1 Å². The summed E-state index contributed by atoms with van der Waals surface area (Å²) in [4.78, 5) is 30.6. The molecule has 0 unspecified atom stereocenters. The van der Waals surface area contributed by atoms with Crippen LogP contribution in [-0.4, -0.2) is 102 Å². The quantitative estimate of drug-likeness (QED) is 0.497. The van der Waals surface area contributed by atoms with Crippen LogP contribution in [0.3, 0.4) is 0 Å². The first kappa shape index (κ1) is 25.5. The molecule has 1 amide bonds. The molecule has 0 bridgehead atoms. The number of carbonyl (C=O) groups is 1. The van der Waals surface area contributed by atoms with E-state index in [-0.39, 0.29) is 5.91 Å². The van der Waals surface area contributed by atoms with Gasteiger partial charge in [0.1, 0.15) is 5.82 Å². The maximum absolute atomic E-state index is 11.9. The fraction of sp³-hybridized carbons (Fsp3) is 0.500. The molecule has 37 heavy (non-hydrogen) atoms. The fourth-order valence-electron chi connectivity index (χ4n) is 4.68. The van der Waals surface area contributed by atoms with Crippen molar-refractivity contribution in [3.8, 4) is 11.4 Å². The van der Waals surface area contributed by atoms with Gasteiger partial charge in [-0.3, -0.25) is 9.69 Å². The molecule has 2 aliphatic rings. The zero-order chi connectivity index (χ0) is 26.2. The molecule has 12 nitrogen and oxygen atoms in total. The first-order valence-electron chi connectivity index (χ1n) is 12.3. The average Bonchev–Trinajstić information content (AvgIpc) is 3.19. The highest BCUT2D eigenvalue weighted by atomic mass is 32.2. The lowest BCUT2D eigenvalue weighted by molar-refractivity contribution is -0.114. The smallest absolute Gasteiger partial charge is 0.221 e. The third-order valence-corrected chi connectivity index (χ3v) is 8.04. The highest BCUT2D eigenvalue weighted by molar-refractivity contribution is 7.88. The van der Waals surface area contributed by atoms with E-state index in [1.165, 1.54) is 17.5 Å². The second-order valence-electron chi connectivity index (χ2n) is 9.43. The molecule has 2 aromatic heterocycles. The number of fused-ring (bicyclic) bond motifs is 1. The van der Waals surface area contributed by atoms with E-state index < -0.39 is 10.0 Å². The van der Waals surface area contributed by atoms with E-state index in [4.69, 9.17) is 19.7 Å². The van der Waals surface area contributed by atoms with E-state index in [1.54, 1.807) is 0 Å². The Bertz CT molecular complexity index is 1390. The maximum Gasteiger partial charge on any atom is 0.221 e. The molecule has 1 aromatic carbocycles. The monoisotopic (exact) mass is 528 g/mol. The molecule has 5 rings (SSSR count). The Morgan fingerprint density at radius 1 is 1.00 bits per heavy atom. The van der Waals surface area contributed by atoms with E-state index in [2.05, 4.69) is 15.1 Å². The van der Waals surface area contributed by atoms with Crippen molar-refractivity contribution in [3.05, 3.63) is 30.1 Å². The number of morpholine rings is 1. The minimum atomic E-state index is -3.18. The second-order valence-corrected chi connectivity index (χ2v) is 11.4. The lowest BCUT2D eigenvalue weighted by Crippen LogP contribution is -2.48. The number of amides is 1. The number of rotatable bonds is 6. The molecule has 0 radical (unpaired) electrons. The number of hydrogen-bond donors (Lipinski definition) is 1. The molecule has 2 saturated heterocycles. The number of sulfonamides is 1. The Morgan fingerprint density at radius 2 is 1.68 bits per heavy atom. The minimum absolute atomic E-state index is 0.125. The van der Waals surface area contributed by atoms with Gasteiger partial charge in [-0.1, -0.05) is 0 Å². The van der Waals surface area contributed by atoms with Crippen molar-refractivity contribution in [2.24, 2.45) is 7.05 Å². The summed E-state index contributed by atoms with van der Waals surface area (Å²) in [5.74, 6) is 2.09. The summed E-state index contributed by atoms with van der Waals surface area (Å²) >= 11 is 0. The van der Waals surface area contributed by atoms with Gasteiger partial charge >= 0.3 is 0 Å². The van der Waals surface area contributed by atoms with E-state index in [0.717, 1.165) is 28.4 Å². The molecule has 0 saturated carbocycles. The lowest BCUT2D eigenvalue weighted by atomic mass is 10.2. The zero-order valence-corrected chi connectivity index (χ0v) is 22.2. The third kappa shape index (κ3) is 5.59.